The number of halogens is 2. The predicted octanol–water partition coefficient (Wildman–Crippen LogP) is 4.39. The van der Waals surface area contributed by atoms with Crippen molar-refractivity contribution >= 4 is 80.7 Å². The number of amides is 1. The van der Waals surface area contributed by atoms with Crippen molar-refractivity contribution in [2.24, 2.45) is 0 Å². The van der Waals surface area contributed by atoms with E-state index in [9.17, 15) is 4.79 Å². The fourth-order valence-corrected chi connectivity index (χ4v) is 3.77. The molecule has 0 aliphatic rings. The molecule has 1 aromatic heterocycles. The van der Waals surface area contributed by atoms with Crippen LogP contribution in [-0.4, -0.2) is 59.1 Å². The smallest absolute Gasteiger partial charge is 0.409 e. The molecule has 1 heterocycles. The van der Waals surface area contributed by atoms with E-state index in [1.165, 1.54) is 12.4 Å². The molecule has 0 bridgehead atoms. The molecule has 0 unspecified atom stereocenters. The molecule has 0 saturated carbocycles. The number of hydrogen-bond donors (Lipinski definition) is 2. The Kier molecular flexibility index (Phi) is 14.8. The van der Waals surface area contributed by atoms with Gasteiger partial charge in [-0.1, -0.05) is 17.9 Å². The summed E-state index contributed by atoms with van der Waals surface area (Å²) in [4.78, 5) is 18.3. The van der Waals surface area contributed by atoms with Crippen molar-refractivity contribution in [2.45, 2.75) is 0 Å². The lowest BCUT2D eigenvalue weighted by molar-refractivity contribution is 0.145. The van der Waals surface area contributed by atoms with Crippen LogP contribution in [0.25, 0.3) is 0 Å². The molecule has 0 fully saturated rings. The summed E-state index contributed by atoms with van der Waals surface area (Å²) >= 11 is 4.41. The van der Waals surface area contributed by atoms with E-state index in [1.807, 2.05) is 0 Å². The molecule has 0 saturated heterocycles. The molecule has 0 radical (unpaired) electrons. The van der Waals surface area contributed by atoms with Gasteiger partial charge in [-0.2, -0.15) is 0 Å². The number of nitrogens with zero attached hydrogens (tertiary/aromatic N) is 2. The van der Waals surface area contributed by atoms with Crippen molar-refractivity contribution in [1.29, 1.82) is 0 Å². The molecule has 0 spiro atoms. The van der Waals surface area contributed by atoms with Crippen LogP contribution in [0.4, 0.5) is 10.5 Å². The van der Waals surface area contributed by atoms with E-state index in [0.717, 1.165) is 11.5 Å². The lowest BCUT2D eigenvalue weighted by atomic mass is 10.5. The molecule has 9 nitrogen and oxygen atoms in total. The Labute approximate surface area is 179 Å². The predicted molar refractivity (Wildman–Crippen MR) is 117 cm³/mol. The first-order valence-corrected chi connectivity index (χ1v) is 14.9. The van der Waals surface area contributed by atoms with Crippen molar-refractivity contribution in [3.05, 3.63) is 12.4 Å². The third-order valence-electron chi connectivity index (χ3n) is 2.10. The zero-order chi connectivity index (χ0) is 18.3. The van der Waals surface area contributed by atoms with Gasteiger partial charge in [0, 0.05) is 11.5 Å². The largest absolute Gasteiger partial charge is 0.465 e. The van der Waals surface area contributed by atoms with Gasteiger partial charge in [-0.05, 0) is 42.4 Å². The number of carboxylic acid groups (broad SMARTS) is 1. The quantitative estimate of drug-likeness (QED) is 0.174. The maximum atomic E-state index is 10.5. The second-order valence-corrected chi connectivity index (χ2v) is 10.1. The summed E-state index contributed by atoms with van der Waals surface area (Å²) in [6.07, 6.45) is 1.46. The van der Waals surface area contributed by atoms with Crippen LogP contribution in [0.3, 0.4) is 0 Å². The summed E-state index contributed by atoms with van der Waals surface area (Å²) in [6, 6.07) is 0.133. The average Bonchev–Trinajstić information content (AvgIpc) is 2.59. The Balaban J connectivity index is 2.27. The second kappa shape index (κ2) is 15.7. The summed E-state index contributed by atoms with van der Waals surface area (Å²) in [7, 11) is 1.91. The normalized spacial score (nSPS) is 10.8. The first-order chi connectivity index (χ1) is 12.2. The second-order valence-electron chi connectivity index (χ2n) is 3.88. The highest BCUT2D eigenvalue weighted by Crippen LogP contribution is 2.39. The van der Waals surface area contributed by atoms with Gasteiger partial charge in [-0.3, -0.25) is 5.32 Å². The van der Waals surface area contributed by atoms with E-state index < -0.39 is 14.7 Å². The first-order valence-electron chi connectivity index (χ1n) is 6.76. The van der Waals surface area contributed by atoms with Crippen LogP contribution in [-0.2, 0) is 13.6 Å². The Bertz CT molecular complexity index is 483. The summed E-state index contributed by atoms with van der Waals surface area (Å²) in [5.74, 6) is 1.71. The van der Waals surface area contributed by atoms with Gasteiger partial charge in [-0.15, -0.1) is 0 Å². The Morgan fingerprint density at radius 1 is 1.08 bits per heavy atom. The van der Waals surface area contributed by atoms with Gasteiger partial charge in [0.05, 0.1) is 37.9 Å². The van der Waals surface area contributed by atoms with Crippen LogP contribution in [0, 0.1) is 0 Å². The average molecular weight is 635 g/mol. The fourth-order valence-electron chi connectivity index (χ4n) is 1.22. The molecule has 142 valence electrons. The maximum absolute atomic E-state index is 10.5. The van der Waals surface area contributed by atoms with Gasteiger partial charge in [-0.25, -0.2) is 14.8 Å². The minimum atomic E-state index is -1.41. The van der Waals surface area contributed by atoms with E-state index in [-0.39, 0.29) is 24.9 Å². The van der Waals surface area contributed by atoms with Crippen molar-refractivity contribution in [1.82, 2.24) is 9.97 Å². The number of hydrogen-bond acceptors (Lipinski definition) is 9. The summed E-state index contributed by atoms with van der Waals surface area (Å²) in [5.41, 5.74) is 0.266. The highest BCUT2D eigenvalue weighted by Gasteiger charge is 2.12. The van der Waals surface area contributed by atoms with Gasteiger partial charge in [0.1, 0.15) is 6.61 Å². The van der Waals surface area contributed by atoms with E-state index in [0.29, 0.717) is 13.2 Å². The SMILES string of the molecule is O=C(O)Nc1cnc(OCCOP(OCCSI)OCCSI)nc1. The monoisotopic (exact) mass is 635 g/mol. The highest BCUT2D eigenvalue weighted by atomic mass is 127. The molecule has 14 heteroatoms. The van der Waals surface area contributed by atoms with E-state index in [2.05, 4.69) is 57.7 Å². The van der Waals surface area contributed by atoms with Crippen LogP contribution in [0.1, 0.15) is 0 Å². The summed E-state index contributed by atoms with van der Waals surface area (Å²) in [5, 5.41) is 10.7. The maximum Gasteiger partial charge on any atom is 0.409 e. The topological polar surface area (TPSA) is 112 Å². The highest BCUT2D eigenvalue weighted by molar-refractivity contribution is 14.2. The lowest BCUT2D eigenvalue weighted by Gasteiger charge is -2.16. The molecule has 0 aromatic carbocycles. The van der Waals surface area contributed by atoms with Gasteiger partial charge in [0.2, 0.25) is 0 Å². The minimum Gasteiger partial charge on any atom is -0.465 e. The third-order valence-corrected chi connectivity index (χ3v) is 6.57. The van der Waals surface area contributed by atoms with Gasteiger partial charge < -0.3 is 23.4 Å². The van der Waals surface area contributed by atoms with Crippen molar-refractivity contribution in [3.8, 4) is 6.01 Å². The van der Waals surface area contributed by atoms with E-state index >= 15 is 0 Å². The molecule has 1 rings (SSSR count). The summed E-state index contributed by atoms with van der Waals surface area (Å²) in [6.45, 7) is 1.59. The molecule has 1 amide bonds. The van der Waals surface area contributed by atoms with Crippen molar-refractivity contribution in [2.75, 3.05) is 43.3 Å². The molecular formula is C11H16I2N3O6PS2. The number of carbonyl (C=O) groups is 1. The number of aromatic nitrogens is 2. The van der Waals surface area contributed by atoms with Gasteiger partial charge in [0.15, 0.2) is 0 Å². The molecular weight excluding hydrogens is 619 g/mol. The zero-order valence-electron chi connectivity index (χ0n) is 12.8. The standard InChI is InChI=1S/C11H16I2N3O6PS2/c12-24-5-3-21-23(22-4-6-25-13)20-2-1-19-10-14-7-9(8-15-10)16-11(17)18/h7-8,16H,1-6H2,(H,17,18). The number of nitrogens with one attached hydrogen (secondary N) is 1. The van der Waals surface area contributed by atoms with Gasteiger partial charge in [0.25, 0.3) is 0 Å². The molecule has 0 aliphatic carbocycles. The van der Waals surface area contributed by atoms with Crippen LogP contribution >= 0.6 is 68.9 Å². The van der Waals surface area contributed by atoms with E-state index in [4.69, 9.17) is 23.4 Å². The van der Waals surface area contributed by atoms with Gasteiger partial charge >= 0.3 is 20.7 Å². The Hall–Kier alpha value is 0.620. The number of ether oxygens (including phenoxy) is 1. The fraction of sp³-hybridized carbons (Fsp3) is 0.545. The molecule has 0 atom stereocenters. The van der Waals surface area contributed by atoms with Crippen molar-refractivity contribution in [3.63, 3.8) is 0 Å². The van der Waals surface area contributed by atoms with Crippen molar-refractivity contribution < 1.29 is 28.2 Å². The Morgan fingerprint density at radius 3 is 2.16 bits per heavy atom. The summed E-state index contributed by atoms with van der Waals surface area (Å²) < 4.78 is 22.0. The van der Waals surface area contributed by atoms with Crippen LogP contribution in [0.2, 0.25) is 0 Å². The number of rotatable bonds is 14. The third kappa shape index (κ3) is 12.6. The lowest BCUT2D eigenvalue weighted by Crippen LogP contribution is -2.10. The van der Waals surface area contributed by atoms with Crippen LogP contribution in [0.15, 0.2) is 12.4 Å². The Morgan fingerprint density at radius 2 is 1.64 bits per heavy atom. The molecule has 2 N–H and O–H groups in total. The number of anilines is 1. The van der Waals surface area contributed by atoms with E-state index in [1.54, 1.807) is 17.9 Å². The zero-order valence-corrected chi connectivity index (χ0v) is 19.6. The molecule has 0 aliphatic heterocycles. The first kappa shape index (κ1) is 23.7. The van der Waals surface area contributed by atoms with Crippen LogP contribution in [0.5, 0.6) is 6.01 Å². The minimum absolute atomic E-state index is 0.133. The molecule has 1 aromatic rings. The molecule has 25 heavy (non-hydrogen) atoms. The van der Waals surface area contributed by atoms with Crippen LogP contribution < -0.4 is 10.1 Å².